The van der Waals surface area contributed by atoms with E-state index in [1.807, 2.05) is 0 Å². The maximum atomic E-state index is 12.5. The first-order chi connectivity index (χ1) is 12.8. The molecule has 0 fully saturated rings. The van der Waals surface area contributed by atoms with Crippen molar-refractivity contribution in [2.24, 2.45) is 0 Å². The highest BCUT2D eigenvalue weighted by Crippen LogP contribution is 2.24. The van der Waals surface area contributed by atoms with E-state index in [1.54, 1.807) is 0 Å². The van der Waals surface area contributed by atoms with Crippen molar-refractivity contribution >= 4 is 81.3 Å². The molecule has 27 heavy (non-hydrogen) atoms. The third-order valence-corrected chi connectivity index (χ3v) is 4.56. The van der Waals surface area contributed by atoms with Crippen molar-refractivity contribution in [3.63, 3.8) is 0 Å². The lowest BCUT2D eigenvalue weighted by Gasteiger charge is -2.07. The van der Waals surface area contributed by atoms with Gasteiger partial charge in [-0.05, 0) is 36.4 Å². The Morgan fingerprint density at radius 1 is 0.667 bits per heavy atom. The molecule has 0 atom stereocenters. The third kappa shape index (κ3) is 5.09. The lowest BCUT2D eigenvalue weighted by atomic mass is 10.2. The normalized spacial score (nSPS) is 10.5. The zero-order chi connectivity index (χ0) is 19.6. The van der Waals surface area contributed by atoms with Gasteiger partial charge >= 0.3 is 0 Å². The van der Waals surface area contributed by atoms with Crippen molar-refractivity contribution in [3.8, 4) is 0 Å². The van der Waals surface area contributed by atoms with Gasteiger partial charge < -0.3 is 10.6 Å². The number of amides is 2. The molecule has 11 heteroatoms. The Hall–Kier alpha value is -1.90. The van der Waals surface area contributed by atoms with Gasteiger partial charge in [0.1, 0.15) is 0 Å². The van der Waals surface area contributed by atoms with E-state index in [2.05, 4.69) is 19.4 Å². The van der Waals surface area contributed by atoms with Crippen LogP contribution in [0.3, 0.4) is 0 Å². The van der Waals surface area contributed by atoms with Crippen LogP contribution in [0.4, 0.5) is 11.4 Å². The number of carbonyl (C=O) groups is 2. The zero-order valence-electron chi connectivity index (χ0n) is 13.1. The fourth-order valence-corrected chi connectivity index (χ4v) is 3.71. The first kappa shape index (κ1) is 19.9. The summed E-state index contributed by atoms with van der Waals surface area (Å²) in [6, 6.07) is 9.10. The van der Waals surface area contributed by atoms with Crippen LogP contribution >= 0.6 is 58.1 Å². The second-order valence-corrected chi connectivity index (χ2v) is 7.46. The second kappa shape index (κ2) is 8.41. The number of benzene rings is 2. The summed E-state index contributed by atoms with van der Waals surface area (Å²) in [5, 5.41) is 6.56. The summed E-state index contributed by atoms with van der Waals surface area (Å²) in [6.07, 6.45) is 0. The van der Waals surface area contributed by atoms with Gasteiger partial charge in [-0.1, -0.05) is 46.4 Å². The summed E-state index contributed by atoms with van der Waals surface area (Å²) in [4.78, 5) is 24.9. The molecule has 1 aromatic heterocycles. The standard InChI is InChI=1S/C16H8Cl4N4O2S/c17-7-1-8(18)4-11(3-7)21-15(25)13-14(24-27-23-13)16(26)22-12-5-9(19)2-10(20)6-12/h1-6H,(H,21,25)(H,22,26). The van der Waals surface area contributed by atoms with Crippen molar-refractivity contribution in [1.82, 2.24) is 8.75 Å². The maximum Gasteiger partial charge on any atom is 0.277 e. The van der Waals surface area contributed by atoms with Gasteiger partial charge in [-0.15, -0.1) is 0 Å². The molecule has 6 nitrogen and oxygen atoms in total. The molecule has 1 heterocycles. The van der Waals surface area contributed by atoms with Gasteiger partial charge in [-0.2, -0.15) is 8.75 Å². The molecule has 0 saturated carbocycles. The number of nitrogens with one attached hydrogen (secondary N) is 2. The van der Waals surface area contributed by atoms with Crippen molar-refractivity contribution in [2.75, 3.05) is 10.6 Å². The highest BCUT2D eigenvalue weighted by atomic mass is 35.5. The summed E-state index contributed by atoms with van der Waals surface area (Å²) in [5.41, 5.74) is 0.445. The van der Waals surface area contributed by atoms with E-state index in [0.717, 1.165) is 11.7 Å². The Balaban J connectivity index is 1.80. The smallest absolute Gasteiger partial charge is 0.277 e. The molecule has 2 N–H and O–H groups in total. The van der Waals surface area contributed by atoms with Gasteiger partial charge in [0, 0.05) is 31.5 Å². The quantitative estimate of drug-likeness (QED) is 0.525. The number of nitrogens with zero attached hydrogens (tertiary/aromatic N) is 2. The topological polar surface area (TPSA) is 84.0 Å². The van der Waals surface area contributed by atoms with Gasteiger partial charge in [-0.3, -0.25) is 9.59 Å². The Labute approximate surface area is 177 Å². The monoisotopic (exact) mass is 460 g/mol. The van der Waals surface area contributed by atoms with E-state index in [0.29, 0.717) is 31.5 Å². The minimum absolute atomic E-state index is 0.137. The summed E-state index contributed by atoms with van der Waals surface area (Å²) in [7, 11) is 0. The molecule has 0 unspecified atom stereocenters. The molecule has 3 rings (SSSR count). The van der Waals surface area contributed by atoms with Crippen LogP contribution in [0.15, 0.2) is 36.4 Å². The van der Waals surface area contributed by atoms with Crippen LogP contribution < -0.4 is 10.6 Å². The number of carbonyl (C=O) groups excluding carboxylic acids is 2. The van der Waals surface area contributed by atoms with E-state index in [-0.39, 0.29) is 11.4 Å². The summed E-state index contributed by atoms with van der Waals surface area (Å²) in [5.74, 6) is -1.26. The van der Waals surface area contributed by atoms with Crippen LogP contribution in [0, 0.1) is 0 Å². The van der Waals surface area contributed by atoms with E-state index in [4.69, 9.17) is 46.4 Å². The molecule has 2 amide bonds. The van der Waals surface area contributed by atoms with E-state index in [9.17, 15) is 9.59 Å². The third-order valence-electron chi connectivity index (χ3n) is 3.16. The predicted molar refractivity (Wildman–Crippen MR) is 109 cm³/mol. The van der Waals surface area contributed by atoms with Gasteiger partial charge in [-0.25, -0.2) is 0 Å². The number of rotatable bonds is 4. The molecule has 0 bridgehead atoms. The van der Waals surface area contributed by atoms with Crippen molar-refractivity contribution in [3.05, 3.63) is 67.9 Å². The van der Waals surface area contributed by atoms with Crippen LogP contribution in [0.1, 0.15) is 21.0 Å². The first-order valence-electron chi connectivity index (χ1n) is 7.19. The van der Waals surface area contributed by atoms with Gasteiger partial charge in [0.2, 0.25) is 0 Å². The predicted octanol–water partition coefficient (Wildman–Crippen LogP) is 5.66. The Morgan fingerprint density at radius 3 is 1.33 bits per heavy atom. The molecule has 0 aliphatic carbocycles. The molecule has 138 valence electrons. The van der Waals surface area contributed by atoms with Crippen LogP contribution in [0.25, 0.3) is 0 Å². The largest absolute Gasteiger partial charge is 0.320 e. The van der Waals surface area contributed by atoms with Crippen LogP contribution in [-0.4, -0.2) is 20.6 Å². The van der Waals surface area contributed by atoms with E-state index >= 15 is 0 Å². The lowest BCUT2D eigenvalue weighted by Crippen LogP contribution is -2.20. The minimum atomic E-state index is -0.628. The highest BCUT2D eigenvalue weighted by Gasteiger charge is 2.23. The zero-order valence-corrected chi connectivity index (χ0v) is 16.9. The molecule has 2 aromatic carbocycles. The summed E-state index contributed by atoms with van der Waals surface area (Å²) >= 11 is 24.4. The Bertz CT molecular complexity index is 921. The van der Waals surface area contributed by atoms with E-state index < -0.39 is 11.8 Å². The minimum Gasteiger partial charge on any atom is -0.320 e. The molecule has 0 aliphatic rings. The van der Waals surface area contributed by atoms with Crippen molar-refractivity contribution in [1.29, 1.82) is 0 Å². The van der Waals surface area contributed by atoms with Crippen molar-refractivity contribution in [2.45, 2.75) is 0 Å². The number of hydrogen-bond acceptors (Lipinski definition) is 5. The van der Waals surface area contributed by atoms with Crippen LogP contribution in [0.5, 0.6) is 0 Å². The lowest BCUT2D eigenvalue weighted by molar-refractivity contribution is 0.0985. The summed E-state index contributed by atoms with van der Waals surface area (Å²) in [6.45, 7) is 0. The average Bonchev–Trinajstić information content (AvgIpc) is 3.02. The fourth-order valence-electron chi connectivity index (χ4n) is 2.12. The van der Waals surface area contributed by atoms with Gasteiger partial charge in [0.25, 0.3) is 11.8 Å². The maximum absolute atomic E-state index is 12.5. The second-order valence-electron chi connectivity index (χ2n) is 5.19. The molecule has 0 spiro atoms. The SMILES string of the molecule is O=C(Nc1cc(Cl)cc(Cl)c1)c1nsnc1C(=O)Nc1cc(Cl)cc(Cl)c1. The number of aromatic nitrogens is 2. The fraction of sp³-hybridized carbons (Fsp3) is 0. The van der Waals surface area contributed by atoms with Gasteiger partial charge in [0.15, 0.2) is 11.4 Å². The van der Waals surface area contributed by atoms with Crippen LogP contribution in [0.2, 0.25) is 20.1 Å². The molecule has 0 radical (unpaired) electrons. The Morgan fingerprint density at radius 2 is 1.00 bits per heavy atom. The highest BCUT2D eigenvalue weighted by molar-refractivity contribution is 6.99. The van der Waals surface area contributed by atoms with Crippen molar-refractivity contribution < 1.29 is 9.59 Å². The Kier molecular flexibility index (Phi) is 6.18. The average molecular weight is 462 g/mol. The number of hydrogen-bond donors (Lipinski definition) is 2. The summed E-state index contributed by atoms with van der Waals surface area (Å²) < 4.78 is 7.79. The first-order valence-corrected chi connectivity index (χ1v) is 9.43. The van der Waals surface area contributed by atoms with Gasteiger partial charge in [0.05, 0.1) is 11.7 Å². The molecule has 3 aromatic rings. The molecular formula is C16H8Cl4N4O2S. The molecule has 0 saturated heterocycles. The molecule has 0 aliphatic heterocycles. The number of anilines is 2. The number of halogens is 4. The van der Waals surface area contributed by atoms with Crippen LogP contribution in [-0.2, 0) is 0 Å². The van der Waals surface area contributed by atoms with E-state index in [1.165, 1.54) is 36.4 Å². The molecular weight excluding hydrogens is 454 g/mol.